The molecule has 0 saturated carbocycles. The predicted octanol–water partition coefficient (Wildman–Crippen LogP) is 3.64. The quantitative estimate of drug-likeness (QED) is 0.794. The molecule has 146 valence electrons. The van der Waals surface area contributed by atoms with Gasteiger partial charge >= 0.3 is 0 Å². The summed E-state index contributed by atoms with van der Waals surface area (Å²) < 4.78 is 0. The average molecular weight is 395 g/mol. The maximum absolute atomic E-state index is 13.0. The number of nitrogens with zero attached hydrogens (tertiary/aromatic N) is 4. The van der Waals surface area contributed by atoms with Gasteiger partial charge < -0.3 is 4.90 Å². The first-order chi connectivity index (χ1) is 13.7. The molecule has 0 radical (unpaired) electrons. The third kappa shape index (κ3) is 3.96. The van der Waals surface area contributed by atoms with E-state index in [2.05, 4.69) is 35.0 Å². The molecule has 1 amide bonds. The van der Waals surface area contributed by atoms with Crippen LogP contribution in [0, 0.1) is 17.2 Å². The summed E-state index contributed by atoms with van der Waals surface area (Å²) in [6, 6.07) is 6.61. The van der Waals surface area contributed by atoms with Gasteiger partial charge in [0.05, 0.1) is 23.2 Å². The molecule has 0 unspecified atom stereocenters. The fourth-order valence-electron chi connectivity index (χ4n) is 4.12. The number of fused-ring (bicyclic) bond motifs is 1. The molecule has 4 heterocycles. The van der Waals surface area contributed by atoms with Gasteiger partial charge in [-0.05, 0) is 42.9 Å². The molecule has 4 rings (SSSR count). The van der Waals surface area contributed by atoms with E-state index < -0.39 is 0 Å². The Hall–Kier alpha value is -2.23. The molecular weight excluding hydrogens is 368 g/mol. The number of pyridine rings is 1. The zero-order valence-corrected chi connectivity index (χ0v) is 17.2. The molecule has 1 fully saturated rings. The lowest BCUT2D eigenvalue weighted by atomic mass is 9.97. The van der Waals surface area contributed by atoms with Crippen LogP contribution in [0.15, 0.2) is 23.7 Å². The number of likely N-dealkylation sites (tertiary alicyclic amines) is 1. The molecule has 2 aromatic heterocycles. The van der Waals surface area contributed by atoms with Crippen LogP contribution in [0.2, 0.25) is 0 Å². The van der Waals surface area contributed by atoms with E-state index in [9.17, 15) is 10.1 Å². The van der Waals surface area contributed by atoms with Crippen LogP contribution in [0.5, 0.6) is 0 Å². The van der Waals surface area contributed by atoms with E-state index >= 15 is 0 Å². The van der Waals surface area contributed by atoms with E-state index in [0.717, 1.165) is 63.1 Å². The van der Waals surface area contributed by atoms with E-state index in [0.29, 0.717) is 6.54 Å². The SMILES string of the molecule is CCc1ccc(CN2CCc3c(C(=O)N4CCC[C@H](C#N)C4)csc3C2)nc1. The zero-order chi connectivity index (χ0) is 19.5. The topological polar surface area (TPSA) is 60.2 Å². The van der Waals surface area contributed by atoms with Gasteiger partial charge in [0.15, 0.2) is 0 Å². The molecule has 2 aliphatic rings. The van der Waals surface area contributed by atoms with Gasteiger partial charge in [-0.15, -0.1) is 11.3 Å². The maximum atomic E-state index is 13.0. The number of nitriles is 1. The van der Waals surface area contributed by atoms with Crippen LogP contribution in [-0.4, -0.2) is 40.3 Å². The Morgan fingerprint density at radius 2 is 2.29 bits per heavy atom. The highest BCUT2D eigenvalue weighted by atomic mass is 32.1. The fourth-order valence-corrected chi connectivity index (χ4v) is 5.23. The Bertz CT molecular complexity index is 883. The smallest absolute Gasteiger partial charge is 0.255 e. The van der Waals surface area contributed by atoms with Crippen LogP contribution in [-0.2, 0) is 25.9 Å². The van der Waals surface area contributed by atoms with Gasteiger partial charge in [-0.2, -0.15) is 5.26 Å². The third-order valence-corrected chi connectivity index (χ3v) is 6.84. The number of piperidine rings is 1. The van der Waals surface area contributed by atoms with Crippen molar-refractivity contribution < 1.29 is 4.79 Å². The monoisotopic (exact) mass is 394 g/mol. The summed E-state index contributed by atoms with van der Waals surface area (Å²) in [5.74, 6) is 0.0944. The lowest BCUT2D eigenvalue weighted by molar-refractivity contribution is 0.0697. The first-order valence-corrected chi connectivity index (χ1v) is 11.0. The number of carbonyl (C=O) groups is 1. The Morgan fingerprint density at radius 3 is 3.04 bits per heavy atom. The van der Waals surface area contributed by atoms with Gasteiger partial charge in [-0.3, -0.25) is 14.7 Å². The molecule has 0 spiro atoms. The van der Waals surface area contributed by atoms with Crippen LogP contribution < -0.4 is 0 Å². The van der Waals surface area contributed by atoms with Gasteiger partial charge in [-0.1, -0.05) is 13.0 Å². The molecule has 0 aromatic carbocycles. The minimum atomic E-state index is -0.0192. The van der Waals surface area contributed by atoms with Crippen molar-refractivity contribution >= 4 is 17.2 Å². The summed E-state index contributed by atoms with van der Waals surface area (Å²) in [6.45, 7) is 6.16. The molecule has 0 aliphatic carbocycles. The lowest BCUT2D eigenvalue weighted by Crippen LogP contribution is -2.40. The highest BCUT2D eigenvalue weighted by Crippen LogP contribution is 2.31. The number of aryl methyl sites for hydroxylation is 1. The van der Waals surface area contributed by atoms with Crippen molar-refractivity contribution in [1.82, 2.24) is 14.8 Å². The van der Waals surface area contributed by atoms with Crippen LogP contribution in [0.4, 0.5) is 0 Å². The zero-order valence-electron chi connectivity index (χ0n) is 16.4. The van der Waals surface area contributed by atoms with Gasteiger partial charge in [0.25, 0.3) is 5.91 Å². The second kappa shape index (κ2) is 8.42. The normalized spacial score (nSPS) is 19.9. The van der Waals surface area contributed by atoms with Crippen molar-refractivity contribution in [3.05, 3.63) is 51.0 Å². The van der Waals surface area contributed by atoms with Gasteiger partial charge in [-0.25, -0.2) is 0 Å². The van der Waals surface area contributed by atoms with Crippen LogP contribution in [0.25, 0.3) is 0 Å². The third-order valence-electron chi connectivity index (χ3n) is 5.83. The summed E-state index contributed by atoms with van der Waals surface area (Å²) in [5, 5.41) is 11.2. The molecule has 2 aromatic rings. The van der Waals surface area contributed by atoms with E-state index in [1.54, 1.807) is 11.3 Å². The Balaban J connectivity index is 1.43. The fraction of sp³-hybridized carbons (Fsp3) is 0.500. The van der Waals surface area contributed by atoms with E-state index in [1.165, 1.54) is 16.0 Å². The van der Waals surface area contributed by atoms with Crippen LogP contribution in [0.3, 0.4) is 0 Å². The van der Waals surface area contributed by atoms with Gasteiger partial charge in [0.2, 0.25) is 0 Å². The molecule has 1 saturated heterocycles. The van der Waals surface area contributed by atoms with Crippen molar-refractivity contribution in [3.8, 4) is 6.07 Å². The van der Waals surface area contributed by atoms with Crippen molar-refractivity contribution in [2.45, 2.75) is 45.7 Å². The summed E-state index contributed by atoms with van der Waals surface area (Å²) in [5.41, 5.74) is 4.45. The number of hydrogen-bond acceptors (Lipinski definition) is 5. The Kier molecular flexibility index (Phi) is 5.74. The molecule has 28 heavy (non-hydrogen) atoms. The highest BCUT2D eigenvalue weighted by Gasteiger charge is 2.29. The largest absolute Gasteiger partial charge is 0.337 e. The van der Waals surface area contributed by atoms with Crippen molar-refractivity contribution in [3.63, 3.8) is 0 Å². The molecule has 0 bridgehead atoms. The summed E-state index contributed by atoms with van der Waals surface area (Å²) in [4.78, 5) is 23.2. The molecule has 2 aliphatic heterocycles. The number of thiophene rings is 1. The van der Waals surface area contributed by atoms with Crippen molar-refractivity contribution in [2.24, 2.45) is 5.92 Å². The van der Waals surface area contributed by atoms with Gasteiger partial charge in [0.1, 0.15) is 0 Å². The predicted molar refractivity (Wildman–Crippen MR) is 110 cm³/mol. The molecule has 5 nitrogen and oxygen atoms in total. The minimum Gasteiger partial charge on any atom is -0.337 e. The number of amides is 1. The standard InChI is InChI=1S/C22H26N4OS/c1-2-16-5-6-18(24-11-16)13-25-9-7-19-20(15-28-21(19)14-25)22(27)26-8-3-4-17(10-23)12-26/h5-6,11,15,17H,2-4,7-9,12-14H2,1H3/t17-/m1/s1. The summed E-state index contributed by atoms with van der Waals surface area (Å²) >= 11 is 1.70. The van der Waals surface area contributed by atoms with Gasteiger partial charge in [0, 0.05) is 49.2 Å². The first kappa shape index (κ1) is 19.1. The molecule has 0 N–H and O–H groups in total. The summed E-state index contributed by atoms with van der Waals surface area (Å²) in [6.07, 6.45) is 5.72. The minimum absolute atomic E-state index is 0.0192. The van der Waals surface area contributed by atoms with Crippen molar-refractivity contribution in [2.75, 3.05) is 19.6 Å². The second-order valence-corrected chi connectivity index (χ2v) is 8.71. The highest BCUT2D eigenvalue weighted by molar-refractivity contribution is 7.10. The van der Waals surface area contributed by atoms with E-state index in [4.69, 9.17) is 0 Å². The van der Waals surface area contributed by atoms with E-state index in [-0.39, 0.29) is 11.8 Å². The molecule has 6 heteroatoms. The first-order valence-electron chi connectivity index (χ1n) is 10.1. The number of carbonyl (C=O) groups excluding carboxylic acids is 1. The maximum Gasteiger partial charge on any atom is 0.255 e. The van der Waals surface area contributed by atoms with Crippen LogP contribution >= 0.6 is 11.3 Å². The number of aromatic nitrogens is 1. The van der Waals surface area contributed by atoms with Crippen molar-refractivity contribution in [1.29, 1.82) is 5.26 Å². The lowest BCUT2D eigenvalue weighted by Gasteiger charge is -2.31. The number of hydrogen-bond donors (Lipinski definition) is 0. The Morgan fingerprint density at radius 1 is 1.39 bits per heavy atom. The molecule has 1 atom stereocenters. The van der Waals surface area contributed by atoms with Crippen LogP contribution in [0.1, 0.15) is 51.8 Å². The molecular formula is C22H26N4OS. The summed E-state index contributed by atoms with van der Waals surface area (Å²) in [7, 11) is 0. The van der Waals surface area contributed by atoms with E-state index in [1.807, 2.05) is 16.5 Å². The Labute approximate surface area is 170 Å². The average Bonchev–Trinajstić information content (AvgIpc) is 3.17. The second-order valence-electron chi connectivity index (χ2n) is 7.74. The number of rotatable bonds is 4.